The Kier molecular flexibility index (Phi) is 34.2. The maximum atomic E-state index is 7.69. The largest absolute Gasteiger partial charge is 0.497 e. The molecule has 16 nitrogen and oxygen atoms in total. The van der Waals surface area contributed by atoms with Gasteiger partial charge in [0.15, 0.2) is 36.6 Å². The lowest BCUT2D eigenvalue weighted by molar-refractivity contribution is -0.276. The molecule has 7 rings (SSSR count). The summed E-state index contributed by atoms with van der Waals surface area (Å²) in [4.78, 5) is 12.3. The van der Waals surface area contributed by atoms with Crippen LogP contribution in [-0.2, 0) is 63.9 Å². The number of benzene rings is 1. The zero-order valence-corrected chi connectivity index (χ0v) is 76.5. The zero-order chi connectivity index (χ0) is 79.0. The summed E-state index contributed by atoms with van der Waals surface area (Å²) in [6.07, 6.45) is 23.6. The van der Waals surface area contributed by atoms with Crippen molar-refractivity contribution in [1.29, 1.82) is 0 Å². The van der Waals surface area contributed by atoms with Gasteiger partial charge in [0, 0.05) is 58.3 Å². The minimum atomic E-state index is -2.38. The van der Waals surface area contributed by atoms with Crippen LogP contribution >= 0.6 is 15.9 Å². The van der Waals surface area contributed by atoms with Crippen LogP contribution in [0.4, 0.5) is 0 Å². The fourth-order valence-electron chi connectivity index (χ4n) is 16.4. The van der Waals surface area contributed by atoms with Gasteiger partial charge in [0.25, 0.3) is 0 Å². The highest BCUT2D eigenvalue weighted by Gasteiger charge is 2.53. The molecule has 0 spiro atoms. The van der Waals surface area contributed by atoms with E-state index < -0.39 is 51.3 Å². The molecule has 4 aliphatic rings. The van der Waals surface area contributed by atoms with Crippen LogP contribution in [0, 0.1) is 11.8 Å². The summed E-state index contributed by atoms with van der Waals surface area (Å²) in [5.74, 6) is 0.716. The summed E-state index contributed by atoms with van der Waals surface area (Å²) in [6.45, 7) is 58.4. The third-order valence-electron chi connectivity index (χ3n) is 24.9. The molecule has 4 aliphatic heterocycles. The minimum absolute atomic E-state index is 0.00632. The van der Waals surface area contributed by atoms with Crippen molar-refractivity contribution in [3.8, 4) is 5.75 Å². The van der Waals surface area contributed by atoms with E-state index in [1.807, 2.05) is 23.2 Å². The lowest BCUT2D eigenvalue weighted by atomic mass is 9.79. The van der Waals surface area contributed by atoms with E-state index in [2.05, 4.69) is 229 Å². The van der Waals surface area contributed by atoms with E-state index in [0.29, 0.717) is 73.0 Å². The minimum Gasteiger partial charge on any atom is -0.497 e. The molecule has 3 aromatic rings. The van der Waals surface area contributed by atoms with E-state index in [1.165, 1.54) is 5.57 Å². The van der Waals surface area contributed by atoms with Gasteiger partial charge in [0.05, 0.1) is 87.3 Å². The number of halogens is 1. The smallest absolute Gasteiger partial charge is 0.218 e. The number of allylic oxidation sites excluding steroid dienone is 2. The molecule has 604 valence electrons. The van der Waals surface area contributed by atoms with E-state index in [0.717, 1.165) is 84.8 Å². The second-order valence-corrected chi connectivity index (χ2v) is 55.8. The van der Waals surface area contributed by atoms with Crippen LogP contribution in [0.5, 0.6) is 5.75 Å². The summed E-state index contributed by atoms with van der Waals surface area (Å²) in [6, 6.07) is 10.9. The van der Waals surface area contributed by atoms with Crippen molar-refractivity contribution >= 4 is 61.4 Å². The van der Waals surface area contributed by atoms with Crippen LogP contribution < -0.4 is 4.74 Å². The molecule has 107 heavy (non-hydrogen) atoms. The number of methoxy groups -OCH3 is 3. The quantitative estimate of drug-likeness (QED) is 0.0302. The number of ether oxygens (including phenoxy) is 8. The Hall–Kier alpha value is -3.21. The first-order valence-electron chi connectivity index (χ1n) is 40.5. The van der Waals surface area contributed by atoms with Gasteiger partial charge in [0.1, 0.15) is 35.8 Å². The van der Waals surface area contributed by atoms with Crippen LogP contribution in [0.25, 0.3) is 12.2 Å². The third-order valence-corrected chi connectivity index (χ3v) is 45.1. The van der Waals surface area contributed by atoms with Crippen LogP contribution in [-0.4, -0.2) is 144 Å². The van der Waals surface area contributed by atoms with Crippen molar-refractivity contribution in [1.82, 2.24) is 9.97 Å². The molecule has 4 saturated heterocycles. The standard InChI is InChI=1S/C86H143BrN2O14Si4/c1-28-106(29-2,30-3)103-86(53-74(92-23)52-78(100-86)79(102-105(26,27)85(18,19)20)47-61(10)36-39-68(90-21)33-32-43-87)54-81-88-67(56-93-81)48-63(12)82-65(14)83(95-55-66-37-40-69(91-22)41-38-66)64(13)76(99-82)34-31-35-80-89-75(57-94-80)77-51-73(101-107(58(4)5,59(6)7)60(8)9)50-72(98-77)49-71-46-62(11)45-70(97-71)42-44-96-104(24,25)84(15,16)17/h31-32,35-41,43,47-48,56-60,64-65,68,70-74,76-79,82-83H,11,28-30,33-34,42,44-46,49-55H2,1-10,12-27H3/b35-31+,39-36+,43-32+,61-47+,63-48+/t64-,65-,68+,70-,71+,72+,73+,74+,76+,77+,78+,79+,82-,83-,86+/m0/s1. The highest BCUT2D eigenvalue weighted by atomic mass is 79.9. The molecule has 1 aromatic carbocycles. The molecule has 0 bridgehead atoms. The molecule has 21 heteroatoms. The fraction of sp³-hybridized carbons (Fsp3) is 0.721. The average Bonchev–Trinajstić information content (AvgIpc) is 1.53. The Balaban J connectivity index is 1.16. The first-order chi connectivity index (χ1) is 50.3. The van der Waals surface area contributed by atoms with Crippen molar-refractivity contribution < 1.29 is 64.4 Å². The van der Waals surface area contributed by atoms with E-state index >= 15 is 0 Å². The first-order valence-corrected chi connectivity index (χ1v) is 51.9. The lowest BCUT2D eigenvalue weighted by Gasteiger charge is -2.50. The molecule has 2 aromatic heterocycles. The molecule has 0 aliphatic carbocycles. The molecule has 0 amide bonds. The second kappa shape index (κ2) is 40.2. The van der Waals surface area contributed by atoms with Gasteiger partial charge in [-0.2, -0.15) is 0 Å². The van der Waals surface area contributed by atoms with E-state index in [-0.39, 0.29) is 89.4 Å². The highest BCUT2D eigenvalue weighted by molar-refractivity contribution is 9.11. The normalized spacial score (nSPS) is 27.3. The molecular formula is C86H143BrN2O14Si4. The van der Waals surface area contributed by atoms with Crippen molar-refractivity contribution in [2.75, 3.05) is 27.9 Å². The van der Waals surface area contributed by atoms with Crippen LogP contribution in [0.2, 0.25) is 71.0 Å². The van der Waals surface area contributed by atoms with Gasteiger partial charge in [0.2, 0.25) is 14.2 Å². The fourth-order valence-corrected chi connectivity index (χ4v) is 27.4. The van der Waals surface area contributed by atoms with E-state index in [4.69, 9.17) is 74.4 Å². The topological polar surface area (TPSA) is 163 Å². The lowest BCUT2D eigenvalue weighted by Crippen LogP contribution is -2.59. The van der Waals surface area contributed by atoms with Crippen molar-refractivity contribution in [2.24, 2.45) is 11.8 Å². The predicted octanol–water partition coefficient (Wildman–Crippen LogP) is 23.2. The second-order valence-electron chi connectivity index (χ2n) is 35.6. The highest BCUT2D eigenvalue weighted by Crippen LogP contribution is 2.49. The molecule has 0 saturated carbocycles. The van der Waals surface area contributed by atoms with Crippen LogP contribution in [0.1, 0.15) is 231 Å². The molecule has 15 atom stereocenters. The van der Waals surface area contributed by atoms with Crippen molar-refractivity contribution in [2.45, 2.75) is 359 Å². The molecule has 0 unspecified atom stereocenters. The van der Waals surface area contributed by atoms with Gasteiger partial charge in [-0.25, -0.2) is 9.97 Å². The van der Waals surface area contributed by atoms with Crippen molar-refractivity contribution in [3.05, 3.63) is 124 Å². The molecule has 0 N–H and O–H groups in total. The van der Waals surface area contributed by atoms with Crippen LogP contribution in [0.15, 0.2) is 104 Å². The predicted molar refractivity (Wildman–Crippen MR) is 449 cm³/mol. The number of rotatable bonds is 38. The van der Waals surface area contributed by atoms with Gasteiger partial charge in [-0.05, 0) is 164 Å². The monoisotopic (exact) mass is 1620 g/mol. The zero-order valence-electron chi connectivity index (χ0n) is 70.9. The average molecular weight is 1620 g/mol. The van der Waals surface area contributed by atoms with E-state index in [1.54, 1.807) is 33.9 Å². The maximum absolute atomic E-state index is 7.69. The summed E-state index contributed by atoms with van der Waals surface area (Å²) >= 11 is 3.42. The number of nitrogens with zero attached hydrogens (tertiary/aromatic N) is 2. The molecular weight excluding hydrogens is 1480 g/mol. The Morgan fingerprint density at radius 1 is 0.776 bits per heavy atom. The Labute approximate surface area is 660 Å². The van der Waals surface area contributed by atoms with Gasteiger partial charge in [-0.1, -0.05) is 194 Å². The number of aromatic nitrogens is 2. The van der Waals surface area contributed by atoms with Gasteiger partial charge < -0.3 is 64.4 Å². The van der Waals surface area contributed by atoms with Crippen LogP contribution in [0.3, 0.4) is 0 Å². The van der Waals surface area contributed by atoms with Gasteiger partial charge >= 0.3 is 0 Å². The summed E-state index contributed by atoms with van der Waals surface area (Å²) in [5, 5.41) is 0.0849. The summed E-state index contributed by atoms with van der Waals surface area (Å²) in [7, 11) is -3.68. The molecule has 4 fully saturated rings. The summed E-state index contributed by atoms with van der Waals surface area (Å²) in [5.41, 5.74) is 7.15. The van der Waals surface area contributed by atoms with Gasteiger partial charge in [-0.3, -0.25) is 0 Å². The molecule has 6 heterocycles. The Morgan fingerprint density at radius 3 is 2.05 bits per heavy atom. The first kappa shape index (κ1) is 91.0. The SMILES string of the molecule is C=C1C[C@H](C[C@@H]2C[C@@H](O[Si](C(C)C)(C(C)C)C(C)C)C[C@H](c3coc(/C=C/C[C@H]4O[C@@H](/C(C)=C/c5coc(C[C@]6(O[Si](CC)(CC)CC)C[C@H](OC)C[C@H]([C@@H](/C=C(C)/C=C/[C@@H](C/C=C/Br)OC)O[Si](C)(C)C(C)(C)C)O6)n5)[C@H](C)[C@@H](OCc5ccc(OC)cc5)[C@H]4C)n3)O2)O[C@@H](CCO[Si](C)(C)C(C)(C)C)C1. The number of hydrogen-bond acceptors (Lipinski definition) is 16. The maximum Gasteiger partial charge on any atom is 0.218 e. The summed E-state index contributed by atoms with van der Waals surface area (Å²) < 4.78 is 96.1. The van der Waals surface area contributed by atoms with E-state index in [9.17, 15) is 0 Å². The Morgan fingerprint density at radius 2 is 1.44 bits per heavy atom. The number of hydrogen-bond donors (Lipinski definition) is 0. The van der Waals surface area contributed by atoms with Gasteiger partial charge in [-0.15, -0.1) is 0 Å². The Bertz CT molecular complexity index is 3330. The van der Waals surface area contributed by atoms with Crippen molar-refractivity contribution in [3.63, 3.8) is 0 Å². The third kappa shape index (κ3) is 24.7. The molecule has 0 radical (unpaired) electrons. The number of oxazole rings is 2.